The molecule has 1 aliphatic rings. The van der Waals surface area contributed by atoms with Gasteiger partial charge in [0.15, 0.2) is 0 Å². The van der Waals surface area contributed by atoms with Crippen molar-refractivity contribution in [1.82, 2.24) is 9.80 Å². The molecule has 2 amide bonds. The number of benzene rings is 1. The maximum absolute atomic E-state index is 13.2. The Labute approximate surface area is 173 Å². The number of rotatable bonds is 5. The Kier molecular flexibility index (Phi) is 7.10. The molecule has 166 valence electrons. The van der Waals surface area contributed by atoms with Crippen molar-refractivity contribution >= 4 is 17.5 Å². The monoisotopic (exact) mass is 429 g/mol. The van der Waals surface area contributed by atoms with Crippen LogP contribution in [0, 0.1) is 21.4 Å². The van der Waals surface area contributed by atoms with Crippen LogP contribution in [-0.2, 0) is 16.1 Å². The van der Waals surface area contributed by atoms with E-state index in [2.05, 4.69) is 0 Å². The van der Waals surface area contributed by atoms with Gasteiger partial charge in [0.25, 0.3) is 5.69 Å². The van der Waals surface area contributed by atoms with Crippen molar-refractivity contribution < 1.29 is 27.7 Å². The summed E-state index contributed by atoms with van der Waals surface area (Å²) in [4.78, 5) is 38.2. The highest BCUT2D eigenvalue weighted by Crippen LogP contribution is 2.28. The second-order valence-corrected chi connectivity index (χ2v) is 8.54. The summed E-state index contributed by atoms with van der Waals surface area (Å²) in [5.41, 5.74) is -0.981. The topological polar surface area (TPSA) is 83.8 Å². The van der Waals surface area contributed by atoms with Crippen LogP contribution in [-0.4, -0.2) is 52.3 Å². The van der Waals surface area contributed by atoms with E-state index < -0.39 is 41.4 Å². The van der Waals surface area contributed by atoms with Crippen molar-refractivity contribution in [3.63, 3.8) is 0 Å². The number of hydrogen-bond donors (Lipinski definition) is 0. The molecule has 2 rings (SSSR count). The molecule has 1 aromatic rings. The summed E-state index contributed by atoms with van der Waals surface area (Å²) >= 11 is 0. The molecule has 0 N–H and O–H groups in total. The minimum Gasteiger partial charge on any atom is -0.341 e. The van der Waals surface area contributed by atoms with Crippen molar-refractivity contribution in [1.29, 1.82) is 0 Å². The zero-order valence-electron chi connectivity index (χ0n) is 17.2. The van der Waals surface area contributed by atoms with E-state index >= 15 is 0 Å². The molecule has 1 aliphatic heterocycles. The predicted octanol–water partition coefficient (Wildman–Crippen LogP) is 3.77. The highest BCUT2D eigenvalue weighted by molar-refractivity contribution is 5.84. The first-order chi connectivity index (χ1) is 13.8. The Balaban J connectivity index is 2.25. The molecule has 1 aromatic carbocycles. The molecule has 0 saturated carbocycles. The predicted molar refractivity (Wildman–Crippen MR) is 103 cm³/mol. The van der Waals surface area contributed by atoms with Crippen molar-refractivity contribution in [2.24, 2.45) is 11.3 Å². The van der Waals surface area contributed by atoms with Crippen LogP contribution in [0.5, 0.6) is 0 Å². The molecule has 0 radical (unpaired) electrons. The van der Waals surface area contributed by atoms with Crippen LogP contribution in [0.4, 0.5) is 18.9 Å². The number of para-hydroxylation sites is 1. The Morgan fingerprint density at radius 1 is 1.23 bits per heavy atom. The Bertz CT molecular complexity index is 805. The fourth-order valence-corrected chi connectivity index (χ4v) is 3.55. The van der Waals surface area contributed by atoms with Gasteiger partial charge in [0.05, 0.1) is 17.4 Å². The maximum Gasteiger partial charge on any atom is 0.406 e. The smallest absolute Gasteiger partial charge is 0.341 e. The number of nitro benzene ring substituents is 1. The molecule has 30 heavy (non-hydrogen) atoms. The van der Waals surface area contributed by atoms with E-state index in [9.17, 15) is 32.9 Å². The number of carbonyl (C=O) groups excluding carboxylic acids is 2. The van der Waals surface area contributed by atoms with Crippen molar-refractivity contribution in [3.05, 3.63) is 39.9 Å². The Morgan fingerprint density at radius 3 is 2.43 bits per heavy atom. The van der Waals surface area contributed by atoms with Gasteiger partial charge < -0.3 is 9.80 Å². The van der Waals surface area contributed by atoms with Crippen LogP contribution in [0.1, 0.15) is 39.2 Å². The van der Waals surface area contributed by atoms with Crippen molar-refractivity contribution in [2.45, 2.75) is 46.3 Å². The first-order valence-electron chi connectivity index (χ1n) is 9.67. The molecule has 0 bridgehead atoms. The van der Waals surface area contributed by atoms with Crippen molar-refractivity contribution in [2.75, 3.05) is 19.6 Å². The summed E-state index contributed by atoms with van der Waals surface area (Å²) in [7, 11) is 0. The van der Waals surface area contributed by atoms with E-state index in [1.54, 1.807) is 20.8 Å². The minimum atomic E-state index is -4.66. The molecular weight excluding hydrogens is 403 g/mol. The number of halogens is 3. The molecule has 1 atom stereocenters. The number of amides is 2. The molecule has 1 fully saturated rings. The quantitative estimate of drug-likeness (QED) is 0.527. The molecule has 1 saturated heterocycles. The highest BCUT2D eigenvalue weighted by Gasteiger charge is 2.39. The number of carbonyl (C=O) groups is 2. The third-order valence-electron chi connectivity index (χ3n) is 4.93. The maximum atomic E-state index is 13.2. The number of nitro groups is 1. The summed E-state index contributed by atoms with van der Waals surface area (Å²) in [6, 6.07) is 5.42. The van der Waals surface area contributed by atoms with Gasteiger partial charge in [-0.25, -0.2) is 0 Å². The van der Waals surface area contributed by atoms with Gasteiger partial charge in [-0.3, -0.25) is 19.7 Å². The third kappa shape index (κ3) is 6.17. The lowest BCUT2D eigenvalue weighted by Crippen LogP contribution is -2.50. The number of likely N-dealkylation sites (tertiary alicyclic amines) is 1. The number of alkyl halides is 3. The molecule has 1 unspecified atom stereocenters. The fourth-order valence-electron chi connectivity index (χ4n) is 3.55. The largest absolute Gasteiger partial charge is 0.406 e. The summed E-state index contributed by atoms with van der Waals surface area (Å²) in [5, 5.41) is 11.2. The van der Waals surface area contributed by atoms with Crippen LogP contribution in [0.2, 0.25) is 0 Å². The second-order valence-electron chi connectivity index (χ2n) is 8.54. The first kappa shape index (κ1) is 23.6. The van der Waals surface area contributed by atoms with Crippen LogP contribution in [0.15, 0.2) is 24.3 Å². The summed E-state index contributed by atoms with van der Waals surface area (Å²) in [6.45, 7) is 3.67. The Morgan fingerprint density at radius 2 is 1.87 bits per heavy atom. The normalized spacial score (nSPS) is 17.5. The SMILES string of the molecule is CC(C)(C)C(=O)N1CCCC(C(=O)N(Cc2ccccc2[N+](=O)[O-])CC(F)(F)F)C1. The first-order valence-corrected chi connectivity index (χ1v) is 9.67. The lowest BCUT2D eigenvalue weighted by molar-refractivity contribution is -0.385. The molecule has 0 spiro atoms. The highest BCUT2D eigenvalue weighted by atomic mass is 19.4. The van der Waals surface area contributed by atoms with Gasteiger partial charge in [0.2, 0.25) is 11.8 Å². The standard InChI is InChI=1S/C20H26F3N3O4/c1-19(2,3)18(28)24-10-6-8-15(12-24)17(27)25(13-20(21,22)23)11-14-7-4-5-9-16(14)26(29)30/h4-5,7,9,15H,6,8,10-13H2,1-3H3. The van der Waals surface area contributed by atoms with Gasteiger partial charge in [0, 0.05) is 30.1 Å². The van der Waals surface area contributed by atoms with Gasteiger partial charge in [-0.2, -0.15) is 13.2 Å². The van der Waals surface area contributed by atoms with Crippen LogP contribution in [0.3, 0.4) is 0 Å². The number of hydrogen-bond acceptors (Lipinski definition) is 4. The third-order valence-corrected chi connectivity index (χ3v) is 4.93. The second kappa shape index (κ2) is 9.01. The molecule has 10 heteroatoms. The Hall–Kier alpha value is -2.65. The van der Waals surface area contributed by atoms with E-state index in [4.69, 9.17) is 0 Å². The van der Waals surface area contributed by atoms with Gasteiger partial charge >= 0.3 is 6.18 Å². The van der Waals surface area contributed by atoms with Crippen LogP contribution >= 0.6 is 0 Å². The number of piperidine rings is 1. The summed E-state index contributed by atoms with van der Waals surface area (Å²) < 4.78 is 39.5. The van der Waals surface area contributed by atoms with E-state index in [1.807, 2.05) is 0 Å². The molecule has 1 heterocycles. The van der Waals surface area contributed by atoms with E-state index in [1.165, 1.54) is 29.2 Å². The van der Waals surface area contributed by atoms with Crippen LogP contribution in [0.25, 0.3) is 0 Å². The van der Waals surface area contributed by atoms with Gasteiger partial charge in [-0.1, -0.05) is 39.0 Å². The average molecular weight is 429 g/mol. The summed E-state index contributed by atoms with van der Waals surface area (Å²) in [5.74, 6) is -1.70. The molecule has 0 aromatic heterocycles. The zero-order valence-corrected chi connectivity index (χ0v) is 17.2. The van der Waals surface area contributed by atoms with E-state index in [0.29, 0.717) is 24.3 Å². The fraction of sp³-hybridized carbons (Fsp3) is 0.600. The van der Waals surface area contributed by atoms with Crippen molar-refractivity contribution in [3.8, 4) is 0 Å². The molecular formula is C20H26F3N3O4. The molecule has 0 aliphatic carbocycles. The zero-order chi connectivity index (χ0) is 22.7. The molecule has 7 nitrogen and oxygen atoms in total. The minimum absolute atomic E-state index is 0.0264. The lowest BCUT2D eigenvalue weighted by atomic mass is 9.90. The van der Waals surface area contributed by atoms with Gasteiger partial charge in [-0.05, 0) is 12.8 Å². The van der Waals surface area contributed by atoms with E-state index in [-0.39, 0.29) is 23.7 Å². The lowest BCUT2D eigenvalue weighted by Gasteiger charge is -2.37. The van der Waals surface area contributed by atoms with E-state index in [0.717, 1.165) is 0 Å². The van der Waals surface area contributed by atoms with Gasteiger partial charge in [-0.15, -0.1) is 0 Å². The summed E-state index contributed by atoms with van der Waals surface area (Å²) in [6.07, 6.45) is -3.80. The van der Waals surface area contributed by atoms with Gasteiger partial charge in [0.1, 0.15) is 6.54 Å². The number of nitrogens with zero attached hydrogens (tertiary/aromatic N) is 3. The van der Waals surface area contributed by atoms with Crippen LogP contribution < -0.4 is 0 Å². The average Bonchev–Trinajstić information content (AvgIpc) is 2.65.